The molecule has 31 heavy (non-hydrogen) atoms. The van der Waals surface area contributed by atoms with Crippen molar-refractivity contribution in [2.45, 2.75) is 37.9 Å². The van der Waals surface area contributed by atoms with E-state index in [1.165, 1.54) is 6.42 Å². The molecular formula is C24H22ClN5O. The largest absolute Gasteiger partial charge is 0.332 e. The Hall–Kier alpha value is -3.12. The zero-order valence-electron chi connectivity index (χ0n) is 17.2. The van der Waals surface area contributed by atoms with Gasteiger partial charge in [0.25, 0.3) is 5.91 Å². The van der Waals surface area contributed by atoms with Gasteiger partial charge in [-0.25, -0.2) is 4.99 Å². The van der Waals surface area contributed by atoms with Crippen molar-refractivity contribution < 1.29 is 4.79 Å². The van der Waals surface area contributed by atoms with Gasteiger partial charge in [-0.1, -0.05) is 35.9 Å². The third-order valence-corrected chi connectivity index (χ3v) is 7.07. The Morgan fingerprint density at radius 1 is 1.06 bits per heavy atom. The molecule has 1 saturated carbocycles. The number of aromatic nitrogens is 2. The second kappa shape index (κ2) is 6.95. The zero-order chi connectivity index (χ0) is 21.1. The number of fused-ring (bicyclic) bond motifs is 5. The number of anilines is 1. The van der Waals surface area contributed by atoms with E-state index < -0.39 is 0 Å². The molecule has 7 heteroatoms. The van der Waals surface area contributed by atoms with Crippen LogP contribution in [-0.2, 0) is 6.54 Å². The second-order valence-electron chi connectivity index (χ2n) is 8.47. The van der Waals surface area contributed by atoms with Gasteiger partial charge >= 0.3 is 0 Å². The average molecular weight is 432 g/mol. The van der Waals surface area contributed by atoms with E-state index in [0.29, 0.717) is 23.3 Å². The lowest BCUT2D eigenvalue weighted by Gasteiger charge is -2.35. The summed E-state index contributed by atoms with van der Waals surface area (Å²) >= 11 is 6.75. The molecule has 2 aliphatic heterocycles. The number of hydrogen-bond donors (Lipinski definition) is 0. The molecule has 3 aliphatic rings. The standard InChI is InChI=1S/C24H22ClN5O/c1-28-23(31)21-20(30-19-4-2-3-18(19)27-24(28)30)14-29(22(21)25)13-15-5-7-16(8-6-15)17-9-11-26-12-10-17/h5-12,14,18-19H,2-4,13H2,1H3/t18-,19+/m1/s1. The highest BCUT2D eigenvalue weighted by Gasteiger charge is 2.48. The summed E-state index contributed by atoms with van der Waals surface area (Å²) in [5.74, 6) is 0.685. The molecule has 6 rings (SSSR count). The van der Waals surface area contributed by atoms with E-state index in [4.69, 9.17) is 16.6 Å². The van der Waals surface area contributed by atoms with Gasteiger partial charge in [0.1, 0.15) is 10.7 Å². The van der Waals surface area contributed by atoms with Crippen LogP contribution in [-0.4, -0.2) is 45.4 Å². The predicted molar refractivity (Wildman–Crippen MR) is 122 cm³/mol. The van der Waals surface area contributed by atoms with Gasteiger partial charge in [0.15, 0.2) is 0 Å². The molecule has 2 aromatic heterocycles. The fourth-order valence-electron chi connectivity index (χ4n) is 5.08. The summed E-state index contributed by atoms with van der Waals surface area (Å²) in [6, 6.07) is 13.0. The minimum Gasteiger partial charge on any atom is -0.332 e. The number of amides is 1. The summed E-state index contributed by atoms with van der Waals surface area (Å²) in [4.78, 5) is 25.9. The highest BCUT2D eigenvalue weighted by molar-refractivity contribution is 6.36. The van der Waals surface area contributed by atoms with Crippen molar-refractivity contribution in [1.82, 2.24) is 14.5 Å². The Labute approximate surface area is 185 Å². The monoisotopic (exact) mass is 431 g/mol. The van der Waals surface area contributed by atoms with Crippen LogP contribution in [0.3, 0.4) is 0 Å². The molecule has 0 bridgehead atoms. The normalized spacial score (nSPS) is 21.7. The molecular weight excluding hydrogens is 410 g/mol. The third kappa shape index (κ3) is 2.82. The number of rotatable bonds is 3. The second-order valence-corrected chi connectivity index (χ2v) is 8.83. The van der Waals surface area contributed by atoms with E-state index in [9.17, 15) is 4.79 Å². The average Bonchev–Trinajstić information content (AvgIpc) is 3.47. The van der Waals surface area contributed by atoms with E-state index >= 15 is 0 Å². The van der Waals surface area contributed by atoms with Crippen LogP contribution in [0.5, 0.6) is 0 Å². The Balaban J connectivity index is 1.34. The van der Waals surface area contributed by atoms with E-state index in [0.717, 1.165) is 41.2 Å². The fourth-order valence-corrected chi connectivity index (χ4v) is 5.37. The van der Waals surface area contributed by atoms with Crippen LogP contribution >= 0.6 is 11.6 Å². The maximum absolute atomic E-state index is 13.1. The van der Waals surface area contributed by atoms with E-state index in [1.807, 2.05) is 22.9 Å². The topological polar surface area (TPSA) is 53.7 Å². The van der Waals surface area contributed by atoms with Crippen molar-refractivity contribution >= 4 is 29.2 Å². The molecule has 1 aliphatic carbocycles. The van der Waals surface area contributed by atoms with Gasteiger partial charge in [-0.15, -0.1) is 0 Å². The lowest BCUT2D eigenvalue weighted by atomic mass is 10.1. The van der Waals surface area contributed by atoms with E-state index in [1.54, 1.807) is 24.3 Å². The lowest BCUT2D eigenvalue weighted by Crippen LogP contribution is -2.50. The van der Waals surface area contributed by atoms with Gasteiger partial charge in [-0.2, -0.15) is 0 Å². The molecule has 0 radical (unpaired) electrons. The van der Waals surface area contributed by atoms with Gasteiger partial charge in [-0.3, -0.25) is 14.7 Å². The van der Waals surface area contributed by atoms with Crippen LogP contribution < -0.4 is 4.90 Å². The number of carbonyl (C=O) groups excluding carboxylic acids is 1. The molecule has 6 nitrogen and oxygen atoms in total. The number of benzene rings is 1. The van der Waals surface area contributed by atoms with Crippen LogP contribution in [0.4, 0.5) is 5.69 Å². The lowest BCUT2D eigenvalue weighted by molar-refractivity contribution is 0.0865. The van der Waals surface area contributed by atoms with Crippen LogP contribution in [0.2, 0.25) is 5.15 Å². The van der Waals surface area contributed by atoms with E-state index in [2.05, 4.69) is 34.1 Å². The van der Waals surface area contributed by atoms with Crippen molar-refractivity contribution in [3.05, 3.63) is 71.3 Å². The van der Waals surface area contributed by atoms with Crippen molar-refractivity contribution in [3.8, 4) is 11.1 Å². The van der Waals surface area contributed by atoms with Gasteiger partial charge < -0.3 is 9.47 Å². The summed E-state index contributed by atoms with van der Waals surface area (Å²) in [5, 5.41) is 0.491. The quantitative estimate of drug-likeness (QED) is 0.616. The minimum atomic E-state index is -0.0817. The van der Waals surface area contributed by atoms with Crippen LogP contribution in [0.25, 0.3) is 11.1 Å². The van der Waals surface area contributed by atoms with Crippen LogP contribution in [0.1, 0.15) is 35.2 Å². The summed E-state index contributed by atoms with van der Waals surface area (Å²) < 4.78 is 1.98. The van der Waals surface area contributed by atoms with Gasteiger partial charge in [-0.05, 0) is 48.1 Å². The fraction of sp³-hybridized carbons (Fsp3) is 0.292. The first-order chi connectivity index (χ1) is 15.1. The summed E-state index contributed by atoms with van der Waals surface area (Å²) in [6.07, 6.45) is 8.97. The first-order valence-corrected chi connectivity index (χ1v) is 11.0. The van der Waals surface area contributed by atoms with E-state index in [-0.39, 0.29) is 11.9 Å². The molecule has 0 N–H and O–H groups in total. The number of aliphatic imine (C=N–C) groups is 1. The summed E-state index contributed by atoms with van der Waals surface area (Å²) in [7, 11) is 1.80. The summed E-state index contributed by atoms with van der Waals surface area (Å²) in [5.41, 5.74) is 4.89. The number of carbonyl (C=O) groups is 1. The number of pyridine rings is 1. The van der Waals surface area contributed by atoms with Gasteiger partial charge in [0.05, 0.1) is 17.8 Å². The predicted octanol–water partition coefficient (Wildman–Crippen LogP) is 4.43. The zero-order valence-corrected chi connectivity index (χ0v) is 18.0. The van der Waals surface area contributed by atoms with Gasteiger partial charge in [0, 0.05) is 32.2 Å². The summed E-state index contributed by atoms with van der Waals surface area (Å²) in [6.45, 7) is 0.605. The van der Waals surface area contributed by atoms with Gasteiger partial charge in [0.2, 0.25) is 5.96 Å². The molecule has 1 fully saturated rings. The molecule has 0 saturated heterocycles. The van der Waals surface area contributed by atoms with Crippen molar-refractivity contribution in [3.63, 3.8) is 0 Å². The molecule has 3 aromatic rings. The van der Waals surface area contributed by atoms with Crippen molar-refractivity contribution in [2.75, 3.05) is 11.9 Å². The maximum Gasteiger partial charge on any atom is 0.265 e. The molecule has 1 amide bonds. The van der Waals surface area contributed by atoms with Crippen LogP contribution in [0, 0.1) is 0 Å². The number of halogens is 1. The smallest absolute Gasteiger partial charge is 0.265 e. The molecule has 0 unspecified atom stereocenters. The van der Waals surface area contributed by atoms with Crippen molar-refractivity contribution in [1.29, 1.82) is 0 Å². The Morgan fingerprint density at radius 2 is 1.81 bits per heavy atom. The van der Waals surface area contributed by atoms with Crippen LogP contribution in [0.15, 0.2) is 60.0 Å². The molecule has 0 spiro atoms. The maximum atomic E-state index is 13.1. The first-order valence-electron chi connectivity index (χ1n) is 10.6. The minimum absolute atomic E-state index is 0.0817. The third-order valence-electron chi connectivity index (χ3n) is 6.66. The highest BCUT2D eigenvalue weighted by atomic mass is 35.5. The first kappa shape index (κ1) is 18.6. The number of guanidine groups is 1. The Morgan fingerprint density at radius 3 is 2.58 bits per heavy atom. The number of nitrogens with zero attached hydrogens (tertiary/aromatic N) is 5. The molecule has 156 valence electrons. The molecule has 4 heterocycles. The van der Waals surface area contributed by atoms with Crippen molar-refractivity contribution in [2.24, 2.45) is 4.99 Å². The SMILES string of the molecule is CN1C(=O)c2c(cn(Cc3ccc(-c4ccncc4)cc3)c2Cl)N2C1=N[C@@H]1CCC[C@@H]12. The Bertz CT molecular complexity index is 1200. The highest BCUT2D eigenvalue weighted by Crippen LogP contribution is 2.43. The number of hydrogen-bond acceptors (Lipinski definition) is 4. The Kier molecular flexibility index (Phi) is 4.18. The molecule has 2 atom stereocenters. The molecule has 1 aromatic carbocycles.